The summed E-state index contributed by atoms with van der Waals surface area (Å²) in [6.45, 7) is 4.00. The van der Waals surface area contributed by atoms with Crippen LogP contribution in [0, 0.1) is 6.92 Å². The fraction of sp³-hybridized carbons (Fsp3) is 0.182. The summed E-state index contributed by atoms with van der Waals surface area (Å²) in [4.78, 5) is 9.15. The van der Waals surface area contributed by atoms with Gasteiger partial charge in [0.2, 0.25) is 0 Å². The number of aryl methyl sites for hydroxylation is 1. The molecule has 0 bridgehead atoms. The Bertz CT molecular complexity index is 1090. The number of benzene rings is 2. The third-order valence-corrected chi connectivity index (χ3v) is 4.54. The summed E-state index contributed by atoms with van der Waals surface area (Å²) in [6, 6.07) is 18.1. The zero-order valence-electron chi connectivity index (χ0n) is 15.6. The summed E-state index contributed by atoms with van der Waals surface area (Å²) in [5.74, 6) is 2.36. The monoisotopic (exact) mass is 359 g/mol. The number of aromatic nitrogens is 2. The number of methoxy groups -OCH3 is 1. The molecule has 0 aliphatic heterocycles. The standard InChI is InChI=1S/C22H21N3O2/c1-14(16-5-4-6-19(12-16)26-3)23-22-13-20(24-15(2)25-22)17-7-8-21-18(11-17)9-10-27-21/h4-14H,1-3H3,(H,23,24,25)/t14-/m0/s1. The van der Waals surface area contributed by atoms with Gasteiger partial charge >= 0.3 is 0 Å². The van der Waals surface area contributed by atoms with Crippen LogP contribution in [-0.2, 0) is 0 Å². The topological polar surface area (TPSA) is 60.2 Å². The molecule has 27 heavy (non-hydrogen) atoms. The van der Waals surface area contributed by atoms with Gasteiger partial charge in [-0.3, -0.25) is 0 Å². The molecule has 0 aliphatic carbocycles. The van der Waals surface area contributed by atoms with E-state index in [4.69, 9.17) is 9.15 Å². The normalized spacial score (nSPS) is 12.1. The van der Waals surface area contributed by atoms with Crippen molar-refractivity contribution in [2.75, 3.05) is 12.4 Å². The van der Waals surface area contributed by atoms with Crippen LogP contribution in [0.3, 0.4) is 0 Å². The Hall–Kier alpha value is -3.34. The summed E-state index contributed by atoms with van der Waals surface area (Å²) in [6.07, 6.45) is 1.70. The van der Waals surface area contributed by atoms with Crippen LogP contribution in [0.4, 0.5) is 5.82 Å². The molecule has 0 aliphatic rings. The van der Waals surface area contributed by atoms with Gasteiger partial charge in [0.05, 0.1) is 25.1 Å². The highest BCUT2D eigenvalue weighted by Gasteiger charge is 2.11. The molecule has 2 aromatic heterocycles. The maximum atomic E-state index is 5.42. The Labute approximate surface area is 158 Å². The summed E-state index contributed by atoms with van der Waals surface area (Å²) >= 11 is 0. The van der Waals surface area contributed by atoms with Gasteiger partial charge in [-0.15, -0.1) is 0 Å². The van der Waals surface area contributed by atoms with E-state index in [9.17, 15) is 0 Å². The summed E-state index contributed by atoms with van der Waals surface area (Å²) < 4.78 is 10.7. The van der Waals surface area contributed by atoms with E-state index in [1.54, 1.807) is 13.4 Å². The largest absolute Gasteiger partial charge is 0.497 e. The second kappa shape index (κ2) is 7.11. The van der Waals surface area contributed by atoms with Gasteiger partial charge in [0.25, 0.3) is 0 Å². The number of hydrogen-bond acceptors (Lipinski definition) is 5. The molecule has 0 spiro atoms. The van der Waals surface area contributed by atoms with Gasteiger partial charge < -0.3 is 14.5 Å². The molecule has 5 nitrogen and oxygen atoms in total. The fourth-order valence-electron chi connectivity index (χ4n) is 3.13. The van der Waals surface area contributed by atoms with Crippen LogP contribution in [0.1, 0.15) is 24.4 Å². The second-order valence-corrected chi connectivity index (χ2v) is 6.50. The molecular weight excluding hydrogens is 338 g/mol. The molecule has 136 valence electrons. The van der Waals surface area contributed by atoms with Crippen LogP contribution in [0.2, 0.25) is 0 Å². The Kier molecular flexibility index (Phi) is 4.50. The number of nitrogens with one attached hydrogen (secondary N) is 1. The molecular formula is C22H21N3O2. The zero-order chi connectivity index (χ0) is 18.8. The van der Waals surface area contributed by atoms with E-state index in [0.29, 0.717) is 0 Å². The van der Waals surface area contributed by atoms with E-state index in [1.807, 2.05) is 49.4 Å². The maximum Gasteiger partial charge on any atom is 0.133 e. The smallest absolute Gasteiger partial charge is 0.133 e. The van der Waals surface area contributed by atoms with Crippen molar-refractivity contribution in [3.63, 3.8) is 0 Å². The van der Waals surface area contributed by atoms with Crippen LogP contribution in [0.5, 0.6) is 5.75 Å². The van der Waals surface area contributed by atoms with E-state index in [0.717, 1.165) is 45.2 Å². The van der Waals surface area contributed by atoms with Gasteiger partial charge in [0.15, 0.2) is 0 Å². The Morgan fingerprint density at radius 1 is 1.04 bits per heavy atom. The number of hydrogen-bond donors (Lipinski definition) is 1. The SMILES string of the molecule is COc1cccc([C@H](C)Nc2cc(-c3ccc4occc4c3)nc(C)n2)c1. The summed E-state index contributed by atoms with van der Waals surface area (Å²) in [5.41, 5.74) is 3.92. The molecule has 4 rings (SSSR count). The van der Waals surface area contributed by atoms with E-state index in [-0.39, 0.29) is 6.04 Å². The first-order chi connectivity index (χ1) is 13.1. The highest BCUT2D eigenvalue weighted by molar-refractivity contribution is 5.83. The van der Waals surface area contributed by atoms with Crippen molar-refractivity contribution < 1.29 is 9.15 Å². The second-order valence-electron chi connectivity index (χ2n) is 6.50. The molecule has 0 fully saturated rings. The lowest BCUT2D eigenvalue weighted by Crippen LogP contribution is -2.09. The minimum Gasteiger partial charge on any atom is -0.497 e. The third-order valence-electron chi connectivity index (χ3n) is 4.54. The average Bonchev–Trinajstić information content (AvgIpc) is 3.15. The van der Waals surface area contributed by atoms with Crippen LogP contribution < -0.4 is 10.1 Å². The van der Waals surface area contributed by atoms with Gasteiger partial charge in [0.1, 0.15) is 23.0 Å². The van der Waals surface area contributed by atoms with Gasteiger partial charge in [-0.05, 0) is 55.8 Å². The molecule has 1 atom stereocenters. The van der Waals surface area contributed by atoms with Gasteiger partial charge in [-0.1, -0.05) is 12.1 Å². The Balaban J connectivity index is 1.63. The minimum atomic E-state index is 0.0820. The van der Waals surface area contributed by atoms with Crippen molar-refractivity contribution in [3.8, 4) is 17.0 Å². The highest BCUT2D eigenvalue weighted by Crippen LogP contribution is 2.27. The Morgan fingerprint density at radius 2 is 1.93 bits per heavy atom. The van der Waals surface area contributed by atoms with Crippen molar-refractivity contribution in [1.82, 2.24) is 9.97 Å². The summed E-state index contributed by atoms with van der Waals surface area (Å²) in [7, 11) is 1.67. The quantitative estimate of drug-likeness (QED) is 0.518. The molecule has 0 radical (unpaired) electrons. The first-order valence-electron chi connectivity index (χ1n) is 8.86. The molecule has 2 heterocycles. The van der Waals surface area contributed by atoms with E-state index in [2.05, 4.69) is 34.3 Å². The van der Waals surface area contributed by atoms with E-state index >= 15 is 0 Å². The molecule has 0 saturated heterocycles. The Morgan fingerprint density at radius 3 is 2.78 bits per heavy atom. The highest BCUT2D eigenvalue weighted by atomic mass is 16.5. The van der Waals surface area contributed by atoms with Gasteiger partial charge in [-0.25, -0.2) is 9.97 Å². The molecule has 0 saturated carbocycles. The molecule has 4 aromatic rings. The molecule has 1 N–H and O–H groups in total. The predicted octanol–water partition coefficient (Wildman–Crippen LogP) is 5.38. The number of fused-ring (bicyclic) bond motifs is 1. The first kappa shape index (κ1) is 17.1. The number of nitrogens with zero attached hydrogens (tertiary/aromatic N) is 2. The molecule has 2 aromatic carbocycles. The lowest BCUT2D eigenvalue weighted by Gasteiger charge is -2.16. The lowest BCUT2D eigenvalue weighted by atomic mass is 10.1. The summed E-state index contributed by atoms with van der Waals surface area (Å²) in [5, 5.41) is 4.53. The molecule has 0 unspecified atom stereocenters. The zero-order valence-corrected chi connectivity index (χ0v) is 15.6. The van der Waals surface area contributed by atoms with Crippen LogP contribution in [-0.4, -0.2) is 17.1 Å². The van der Waals surface area contributed by atoms with Crippen LogP contribution in [0.15, 0.2) is 65.3 Å². The molecule has 0 amide bonds. The number of anilines is 1. The predicted molar refractivity (Wildman–Crippen MR) is 107 cm³/mol. The van der Waals surface area contributed by atoms with Crippen LogP contribution in [0.25, 0.3) is 22.2 Å². The van der Waals surface area contributed by atoms with Crippen molar-refractivity contribution in [3.05, 3.63) is 72.2 Å². The van der Waals surface area contributed by atoms with Crippen molar-refractivity contribution >= 4 is 16.8 Å². The number of rotatable bonds is 5. The number of ether oxygens (including phenoxy) is 1. The molecule has 5 heteroatoms. The van der Waals surface area contributed by atoms with Crippen molar-refractivity contribution in [1.29, 1.82) is 0 Å². The third kappa shape index (κ3) is 3.62. The van der Waals surface area contributed by atoms with Crippen molar-refractivity contribution in [2.24, 2.45) is 0 Å². The lowest BCUT2D eigenvalue weighted by molar-refractivity contribution is 0.414. The van der Waals surface area contributed by atoms with Gasteiger partial charge in [-0.2, -0.15) is 0 Å². The fourth-order valence-corrected chi connectivity index (χ4v) is 3.13. The van der Waals surface area contributed by atoms with Crippen molar-refractivity contribution in [2.45, 2.75) is 19.9 Å². The maximum absolute atomic E-state index is 5.42. The number of furan rings is 1. The first-order valence-corrected chi connectivity index (χ1v) is 8.86. The van der Waals surface area contributed by atoms with Gasteiger partial charge in [0, 0.05) is 17.0 Å². The van der Waals surface area contributed by atoms with E-state index < -0.39 is 0 Å². The van der Waals surface area contributed by atoms with E-state index in [1.165, 1.54) is 0 Å². The average molecular weight is 359 g/mol. The van der Waals surface area contributed by atoms with Crippen LogP contribution >= 0.6 is 0 Å². The minimum absolute atomic E-state index is 0.0820.